The van der Waals surface area contributed by atoms with Gasteiger partial charge in [-0.25, -0.2) is 0 Å². The molecule has 0 N–H and O–H groups in total. The number of benzene rings is 1. The fourth-order valence-corrected chi connectivity index (χ4v) is 1.42. The molecule has 1 atom stereocenters. The van der Waals surface area contributed by atoms with Gasteiger partial charge in [0.25, 0.3) is 0 Å². The summed E-state index contributed by atoms with van der Waals surface area (Å²) in [6.07, 6.45) is 0.139. The van der Waals surface area contributed by atoms with Crippen LogP contribution in [-0.4, -0.2) is 13.2 Å². The van der Waals surface area contributed by atoms with Crippen LogP contribution < -0.4 is 0 Å². The Balaban J connectivity index is 2.90. The molecule has 14 heavy (non-hydrogen) atoms. The summed E-state index contributed by atoms with van der Waals surface area (Å²) >= 11 is 0. The third-order valence-electron chi connectivity index (χ3n) is 2.15. The summed E-state index contributed by atoms with van der Waals surface area (Å²) in [7, 11) is 1.66. The maximum Gasteiger partial charge on any atom is 0.191 e. The van der Waals surface area contributed by atoms with E-state index < -0.39 is 5.79 Å². The van der Waals surface area contributed by atoms with Crippen molar-refractivity contribution in [3.63, 3.8) is 0 Å². The largest absolute Gasteiger partial charge is 0.349 e. The van der Waals surface area contributed by atoms with Gasteiger partial charge in [0.15, 0.2) is 5.79 Å². The van der Waals surface area contributed by atoms with Crippen LogP contribution in [0.4, 0.5) is 0 Å². The summed E-state index contributed by atoms with van der Waals surface area (Å²) in [6.45, 7) is 5.93. The highest BCUT2D eigenvalue weighted by atomic mass is 16.7. The van der Waals surface area contributed by atoms with Gasteiger partial charge >= 0.3 is 0 Å². The van der Waals surface area contributed by atoms with Gasteiger partial charge in [-0.05, 0) is 20.8 Å². The number of hydrogen-bond acceptors (Lipinski definition) is 2. The Morgan fingerprint density at radius 2 is 1.71 bits per heavy atom. The molecule has 0 aromatic heterocycles. The maximum atomic E-state index is 5.75. The zero-order valence-electron chi connectivity index (χ0n) is 9.28. The SMILES string of the molecule is COC(C)(OC(C)C)c1ccccc1. The van der Waals surface area contributed by atoms with E-state index in [1.807, 2.05) is 51.1 Å². The molecule has 1 aromatic rings. The van der Waals surface area contributed by atoms with Crippen molar-refractivity contribution >= 4 is 0 Å². The second-order valence-corrected chi connectivity index (χ2v) is 3.68. The standard InChI is InChI=1S/C12H18O2/c1-10(2)14-12(3,13-4)11-8-6-5-7-9-11/h5-10H,1-4H3. The van der Waals surface area contributed by atoms with Gasteiger partial charge in [-0.2, -0.15) is 0 Å². The van der Waals surface area contributed by atoms with Gasteiger partial charge < -0.3 is 9.47 Å². The monoisotopic (exact) mass is 194 g/mol. The van der Waals surface area contributed by atoms with Gasteiger partial charge in [0.2, 0.25) is 0 Å². The van der Waals surface area contributed by atoms with E-state index in [2.05, 4.69) is 0 Å². The van der Waals surface area contributed by atoms with E-state index in [9.17, 15) is 0 Å². The van der Waals surface area contributed by atoms with Crippen molar-refractivity contribution in [2.24, 2.45) is 0 Å². The third-order valence-corrected chi connectivity index (χ3v) is 2.15. The Kier molecular flexibility index (Phi) is 3.67. The summed E-state index contributed by atoms with van der Waals surface area (Å²) < 4.78 is 11.2. The van der Waals surface area contributed by atoms with Crippen molar-refractivity contribution in [3.05, 3.63) is 35.9 Å². The minimum Gasteiger partial charge on any atom is -0.349 e. The van der Waals surface area contributed by atoms with Gasteiger partial charge in [-0.15, -0.1) is 0 Å². The molecular formula is C12H18O2. The van der Waals surface area contributed by atoms with E-state index >= 15 is 0 Å². The number of methoxy groups -OCH3 is 1. The van der Waals surface area contributed by atoms with E-state index in [0.29, 0.717) is 0 Å². The topological polar surface area (TPSA) is 18.5 Å². The van der Waals surface area contributed by atoms with E-state index in [0.717, 1.165) is 5.56 Å². The molecule has 0 heterocycles. The number of rotatable bonds is 4. The van der Waals surface area contributed by atoms with Gasteiger partial charge in [0, 0.05) is 12.7 Å². The van der Waals surface area contributed by atoms with Crippen LogP contribution in [0.15, 0.2) is 30.3 Å². The molecule has 0 aliphatic rings. The second kappa shape index (κ2) is 4.58. The Morgan fingerprint density at radius 3 is 2.14 bits per heavy atom. The maximum absolute atomic E-state index is 5.75. The smallest absolute Gasteiger partial charge is 0.191 e. The van der Waals surface area contributed by atoms with Crippen LogP contribution in [0.25, 0.3) is 0 Å². The first-order chi connectivity index (χ1) is 6.58. The molecule has 0 amide bonds. The van der Waals surface area contributed by atoms with Gasteiger partial charge in [-0.1, -0.05) is 30.3 Å². The summed E-state index contributed by atoms with van der Waals surface area (Å²) in [5.41, 5.74) is 1.04. The van der Waals surface area contributed by atoms with Crippen LogP contribution in [0.5, 0.6) is 0 Å². The van der Waals surface area contributed by atoms with Crippen LogP contribution in [-0.2, 0) is 15.3 Å². The Hall–Kier alpha value is -0.860. The second-order valence-electron chi connectivity index (χ2n) is 3.68. The lowest BCUT2D eigenvalue weighted by Gasteiger charge is -2.30. The fourth-order valence-electron chi connectivity index (χ4n) is 1.42. The molecule has 2 nitrogen and oxygen atoms in total. The number of ether oxygens (including phenoxy) is 2. The zero-order valence-corrected chi connectivity index (χ0v) is 9.28. The lowest BCUT2D eigenvalue weighted by atomic mass is 10.1. The summed E-state index contributed by atoms with van der Waals surface area (Å²) in [5.74, 6) is -0.643. The minimum atomic E-state index is -0.643. The van der Waals surface area contributed by atoms with E-state index in [4.69, 9.17) is 9.47 Å². The molecule has 0 bridgehead atoms. The molecule has 0 aliphatic carbocycles. The lowest BCUT2D eigenvalue weighted by molar-refractivity contribution is -0.237. The summed E-state index contributed by atoms with van der Waals surface area (Å²) in [4.78, 5) is 0. The molecule has 0 fully saturated rings. The molecule has 0 spiro atoms. The molecule has 2 heteroatoms. The first-order valence-corrected chi connectivity index (χ1v) is 4.87. The van der Waals surface area contributed by atoms with Gasteiger partial charge in [-0.3, -0.25) is 0 Å². The summed E-state index contributed by atoms with van der Waals surface area (Å²) in [5, 5.41) is 0. The molecule has 0 radical (unpaired) electrons. The summed E-state index contributed by atoms with van der Waals surface area (Å²) in [6, 6.07) is 9.96. The van der Waals surface area contributed by atoms with E-state index in [-0.39, 0.29) is 6.10 Å². The fraction of sp³-hybridized carbons (Fsp3) is 0.500. The van der Waals surface area contributed by atoms with E-state index in [1.165, 1.54) is 0 Å². The molecule has 78 valence electrons. The lowest BCUT2D eigenvalue weighted by Crippen LogP contribution is -2.31. The average Bonchev–Trinajstić information content (AvgIpc) is 2.18. The van der Waals surface area contributed by atoms with Crippen molar-refractivity contribution in [1.29, 1.82) is 0 Å². The van der Waals surface area contributed by atoms with Crippen molar-refractivity contribution in [1.82, 2.24) is 0 Å². The van der Waals surface area contributed by atoms with Crippen LogP contribution in [0.1, 0.15) is 26.3 Å². The van der Waals surface area contributed by atoms with E-state index in [1.54, 1.807) is 7.11 Å². The minimum absolute atomic E-state index is 0.139. The average molecular weight is 194 g/mol. The Bertz CT molecular complexity index is 269. The Morgan fingerprint density at radius 1 is 1.14 bits per heavy atom. The molecule has 1 aromatic carbocycles. The Labute approximate surface area is 85.8 Å². The highest BCUT2D eigenvalue weighted by molar-refractivity contribution is 5.19. The normalized spacial score (nSPS) is 15.5. The predicted octanol–water partition coefficient (Wildman–Crippen LogP) is 2.93. The van der Waals surface area contributed by atoms with Crippen molar-refractivity contribution in [3.8, 4) is 0 Å². The van der Waals surface area contributed by atoms with Gasteiger partial charge in [0.05, 0.1) is 6.10 Å². The van der Waals surface area contributed by atoms with Crippen molar-refractivity contribution < 1.29 is 9.47 Å². The molecule has 0 aliphatic heterocycles. The number of hydrogen-bond donors (Lipinski definition) is 0. The van der Waals surface area contributed by atoms with Crippen LogP contribution in [0, 0.1) is 0 Å². The van der Waals surface area contributed by atoms with Crippen molar-refractivity contribution in [2.75, 3.05) is 7.11 Å². The predicted molar refractivity (Wildman–Crippen MR) is 57.0 cm³/mol. The van der Waals surface area contributed by atoms with Gasteiger partial charge in [0.1, 0.15) is 0 Å². The molecular weight excluding hydrogens is 176 g/mol. The van der Waals surface area contributed by atoms with Crippen LogP contribution >= 0.6 is 0 Å². The van der Waals surface area contributed by atoms with Crippen LogP contribution in [0.2, 0.25) is 0 Å². The molecule has 1 rings (SSSR count). The van der Waals surface area contributed by atoms with Crippen molar-refractivity contribution in [2.45, 2.75) is 32.7 Å². The quantitative estimate of drug-likeness (QED) is 0.686. The third kappa shape index (κ3) is 2.56. The first-order valence-electron chi connectivity index (χ1n) is 4.87. The molecule has 0 saturated heterocycles. The highest BCUT2D eigenvalue weighted by Crippen LogP contribution is 2.27. The molecule has 1 unspecified atom stereocenters. The van der Waals surface area contributed by atoms with Crippen LogP contribution in [0.3, 0.4) is 0 Å². The molecule has 0 saturated carbocycles. The zero-order chi connectivity index (χ0) is 10.6. The first kappa shape index (κ1) is 11.2. The highest BCUT2D eigenvalue weighted by Gasteiger charge is 2.27.